The fourth-order valence-corrected chi connectivity index (χ4v) is 3.54. The lowest BCUT2D eigenvalue weighted by atomic mass is 9.98. The van der Waals surface area contributed by atoms with E-state index in [9.17, 15) is 9.59 Å². The molecule has 25 heavy (non-hydrogen) atoms. The molecule has 0 saturated heterocycles. The molecule has 2 rings (SSSR count). The molecule has 0 aliphatic carbocycles. The Kier molecular flexibility index (Phi) is 6.80. The highest BCUT2D eigenvalue weighted by atomic mass is 16.1. The Balaban J connectivity index is 2.41. The van der Waals surface area contributed by atoms with Gasteiger partial charge >= 0.3 is 0 Å². The number of unbranched alkanes of at least 4 members (excludes halogenated alkanes) is 2. The molecule has 2 aromatic rings. The van der Waals surface area contributed by atoms with Crippen molar-refractivity contribution < 1.29 is 9.59 Å². The van der Waals surface area contributed by atoms with Crippen molar-refractivity contribution in [1.82, 2.24) is 9.97 Å². The van der Waals surface area contributed by atoms with Gasteiger partial charge in [0.15, 0.2) is 12.6 Å². The summed E-state index contributed by atoms with van der Waals surface area (Å²) in [4.78, 5) is 29.3. The van der Waals surface area contributed by atoms with Crippen molar-refractivity contribution in [2.75, 3.05) is 0 Å². The Bertz CT molecular complexity index is 675. The highest BCUT2D eigenvalue weighted by Gasteiger charge is 2.18. The molecule has 0 aliphatic rings. The van der Waals surface area contributed by atoms with Gasteiger partial charge in [0.1, 0.15) is 0 Å². The van der Waals surface area contributed by atoms with Crippen molar-refractivity contribution in [3.63, 3.8) is 0 Å². The van der Waals surface area contributed by atoms with Crippen LogP contribution in [0.15, 0.2) is 0 Å². The van der Waals surface area contributed by atoms with Gasteiger partial charge in [-0.15, -0.1) is 0 Å². The van der Waals surface area contributed by atoms with Gasteiger partial charge in [-0.3, -0.25) is 9.59 Å². The molecule has 0 aromatic carbocycles. The molecule has 4 heteroatoms. The summed E-state index contributed by atoms with van der Waals surface area (Å²) in [7, 11) is 0. The third kappa shape index (κ3) is 4.12. The second-order valence-corrected chi connectivity index (χ2v) is 6.86. The molecule has 0 unspecified atom stereocenters. The van der Waals surface area contributed by atoms with Crippen LogP contribution < -0.4 is 0 Å². The van der Waals surface area contributed by atoms with E-state index in [0.717, 1.165) is 73.6 Å². The first kappa shape index (κ1) is 19.2. The molecule has 2 aromatic heterocycles. The van der Waals surface area contributed by atoms with Crippen LogP contribution in [0.4, 0.5) is 0 Å². The van der Waals surface area contributed by atoms with Gasteiger partial charge in [-0.1, -0.05) is 26.7 Å². The highest BCUT2D eigenvalue weighted by molar-refractivity contribution is 5.77. The number of aromatic nitrogens is 2. The van der Waals surface area contributed by atoms with Gasteiger partial charge in [0.05, 0.1) is 11.4 Å². The minimum Gasteiger partial charge on any atom is -0.355 e. The highest BCUT2D eigenvalue weighted by Crippen LogP contribution is 2.26. The number of carbonyl (C=O) groups excluding carboxylic acids is 2. The molecule has 136 valence electrons. The summed E-state index contributed by atoms with van der Waals surface area (Å²) in [6, 6.07) is 0. The molecule has 0 amide bonds. The molecule has 0 aliphatic heterocycles. The first-order chi connectivity index (χ1) is 12.1. The monoisotopic (exact) mass is 342 g/mol. The third-order valence-corrected chi connectivity index (χ3v) is 5.16. The maximum atomic E-state index is 11.3. The first-order valence-electron chi connectivity index (χ1n) is 9.38. The van der Waals surface area contributed by atoms with Crippen LogP contribution in [0.5, 0.6) is 0 Å². The minimum atomic E-state index is 0.676. The Morgan fingerprint density at radius 2 is 1.16 bits per heavy atom. The summed E-state index contributed by atoms with van der Waals surface area (Å²) in [5.41, 5.74) is 8.19. The topological polar surface area (TPSA) is 65.7 Å². The summed E-state index contributed by atoms with van der Waals surface area (Å²) in [5.74, 6) is 0. The standard InChI is InChI=1S/C21H30N2O2/c1-5-7-9-16-14(3)20(12-24)22-18(16)11-19-17(10-8-6-2)15(4)21(13-25)23-19/h12-13,22-23H,5-11H2,1-4H3. The van der Waals surface area contributed by atoms with Crippen molar-refractivity contribution in [2.45, 2.75) is 72.6 Å². The minimum absolute atomic E-state index is 0.676. The Hall–Kier alpha value is -2.10. The Morgan fingerprint density at radius 1 is 0.760 bits per heavy atom. The van der Waals surface area contributed by atoms with Crippen molar-refractivity contribution in [3.05, 3.63) is 45.0 Å². The van der Waals surface area contributed by atoms with Crippen LogP contribution >= 0.6 is 0 Å². The summed E-state index contributed by atoms with van der Waals surface area (Å²) in [6.07, 6.45) is 8.94. The van der Waals surface area contributed by atoms with Gasteiger partial charge in [0.2, 0.25) is 0 Å². The smallest absolute Gasteiger partial charge is 0.166 e. The lowest BCUT2D eigenvalue weighted by Crippen LogP contribution is -1.99. The SMILES string of the molecule is CCCCc1c(Cc2[nH]c(C=O)c(C)c2CCCC)[nH]c(C=O)c1C. The van der Waals surface area contributed by atoms with E-state index in [1.54, 1.807) is 0 Å². The van der Waals surface area contributed by atoms with E-state index in [4.69, 9.17) is 0 Å². The van der Waals surface area contributed by atoms with Crippen LogP contribution in [-0.4, -0.2) is 22.5 Å². The predicted molar refractivity (Wildman–Crippen MR) is 102 cm³/mol. The molecule has 0 spiro atoms. The molecule has 4 nitrogen and oxygen atoms in total. The number of nitrogens with one attached hydrogen (secondary N) is 2. The molecular formula is C21H30N2O2. The lowest BCUT2D eigenvalue weighted by Gasteiger charge is -2.08. The molecule has 2 N–H and O–H groups in total. The van der Waals surface area contributed by atoms with E-state index in [1.165, 1.54) is 11.1 Å². The maximum Gasteiger partial charge on any atom is 0.166 e. The number of carbonyl (C=O) groups is 2. The quantitative estimate of drug-likeness (QED) is 0.606. The Labute approximate surface area is 150 Å². The van der Waals surface area contributed by atoms with Crippen LogP contribution in [0.1, 0.15) is 94.1 Å². The van der Waals surface area contributed by atoms with Gasteiger partial charge in [-0.05, 0) is 61.8 Å². The zero-order valence-corrected chi connectivity index (χ0v) is 15.9. The fraction of sp³-hybridized carbons (Fsp3) is 0.524. The van der Waals surface area contributed by atoms with Gasteiger partial charge in [0.25, 0.3) is 0 Å². The number of hydrogen-bond acceptors (Lipinski definition) is 2. The summed E-state index contributed by atoms with van der Waals surface area (Å²) < 4.78 is 0. The third-order valence-electron chi connectivity index (χ3n) is 5.16. The van der Waals surface area contributed by atoms with Crippen LogP contribution in [0, 0.1) is 13.8 Å². The maximum absolute atomic E-state index is 11.3. The predicted octanol–water partition coefficient (Wildman–Crippen LogP) is 4.86. The summed E-state index contributed by atoms with van der Waals surface area (Å²) >= 11 is 0. The molecule has 0 bridgehead atoms. The Morgan fingerprint density at radius 3 is 1.48 bits per heavy atom. The average molecular weight is 342 g/mol. The molecule has 0 fully saturated rings. The molecule has 0 saturated carbocycles. The van der Waals surface area contributed by atoms with Crippen molar-refractivity contribution in [2.24, 2.45) is 0 Å². The summed E-state index contributed by atoms with van der Waals surface area (Å²) in [6.45, 7) is 8.39. The summed E-state index contributed by atoms with van der Waals surface area (Å²) in [5, 5.41) is 0. The van der Waals surface area contributed by atoms with Crippen LogP contribution in [0.3, 0.4) is 0 Å². The van der Waals surface area contributed by atoms with E-state index in [-0.39, 0.29) is 0 Å². The van der Waals surface area contributed by atoms with Crippen LogP contribution in [-0.2, 0) is 19.3 Å². The zero-order chi connectivity index (χ0) is 18.4. The zero-order valence-electron chi connectivity index (χ0n) is 15.9. The molecule has 0 radical (unpaired) electrons. The number of hydrogen-bond donors (Lipinski definition) is 2. The van der Waals surface area contributed by atoms with Gasteiger partial charge in [0, 0.05) is 17.8 Å². The van der Waals surface area contributed by atoms with Gasteiger partial charge in [-0.2, -0.15) is 0 Å². The fourth-order valence-electron chi connectivity index (χ4n) is 3.54. The van der Waals surface area contributed by atoms with Crippen LogP contribution in [0.25, 0.3) is 0 Å². The van der Waals surface area contributed by atoms with Crippen LogP contribution in [0.2, 0.25) is 0 Å². The second kappa shape index (κ2) is 8.84. The van der Waals surface area contributed by atoms with Gasteiger partial charge < -0.3 is 9.97 Å². The normalized spacial score (nSPS) is 11.0. The lowest BCUT2D eigenvalue weighted by molar-refractivity contribution is 0.111. The van der Waals surface area contributed by atoms with Crippen molar-refractivity contribution in [1.29, 1.82) is 0 Å². The van der Waals surface area contributed by atoms with E-state index >= 15 is 0 Å². The van der Waals surface area contributed by atoms with Crippen molar-refractivity contribution >= 4 is 12.6 Å². The number of rotatable bonds is 10. The number of aldehydes is 2. The number of H-pyrrole nitrogens is 2. The second-order valence-electron chi connectivity index (χ2n) is 6.86. The first-order valence-corrected chi connectivity index (χ1v) is 9.38. The number of aromatic amines is 2. The van der Waals surface area contributed by atoms with E-state index < -0.39 is 0 Å². The molecular weight excluding hydrogens is 312 g/mol. The molecule has 2 heterocycles. The van der Waals surface area contributed by atoms with E-state index in [0.29, 0.717) is 17.8 Å². The van der Waals surface area contributed by atoms with E-state index in [2.05, 4.69) is 23.8 Å². The van der Waals surface area contributed by atoms with E-state index in [1.807, 2.05) is 13.8 Å². The average Bonchev–Trinajstić information content (AvgIpc) is 3.08. The van der Waals surface area contributed by atoms with Gasteiger partial charge in [-0.25, -0.2) is 0 Å². The largest absolute Gasteiger partial charge is 0.355 e. The van der Waals surface area contributed by atoms with Crippen molar-refractivity contribution in [3.8, 4) is 0 Å². The molecule has 0 atom stereocenters.